The molecule has 1 aromatic carbocycles. The molecule has 9 nitrogen and oxygen atoms in total. The molecule has 0 atom stereocenters. The van der Waals surface area contributed by atoms with Gasteiger partial charge in [0.15, 0.2) is 17.2 Å². The number of halogens is 3. The summed E-state index contributed by atoms with van der Waals surface area (Å²) in [5.41, 5.74) is 1.71. The Balaban J connectivity index is 1.48. The lowest BCUT2D eigenvalue weighted by molar-refractivity contribution is -0.140. The van der Waals surface area contributed by atoms with Crippen molar-refractivity contribution in [3.63, 3.8) is 0 Å². The predicted octanol–water partition coefficient (Wildman–Crippen LogP) is 4.50. The third-order valence-corrected chi connectivity index (χ3v) is 6.32. The number of nitrogens with zero attached hydrogens (tertiary/aromatic N) is 7. The monoisotopic (exact) mass is 522 g/mol. The van der Waals surface area contributed by atoms with Crippen molar-refractivity contribution in [2.45, 2.75) is 26.6 Å². The summed E-state index contributed by atoms with van der Waals surface area (Å²) in [6.45, 7) is 5.83. The Hall–Kier alpha value is -4.48. The van der Waals surface area contributed by atoms with Crippen molar-refractivity contribution in [3.05, 3.63) is 76.7 Å². The first-order valence-electron chi connectivity index (χ1n) is 12.0. The number of hydrogen-bond donors (Lipinski definition) is 1. The van der Waals surface area contributed by atoms with Crippen LogP contribution in [0.25, 0.3) is 33.9 Å². The number of H-pyrrole nitrogens is 1. The Kier molecular flexibility index (Phi) is 6.47. The second kappa shape index (κ2) is 9.77. The summed E-state index contributed by atoms with van der Waals surface area (Å²) in [7, 11) is 1.52. The van der Waals surface area contributed by atoms with Gasteiger partial charge in [0.05, 0.1) is 18.3 Å². The van der Waals surface area contributed by atoms with Crippen molar-refractivity contribution in [2.75, 3.05) is 18.0 Å². The summed E-state index contributed by atoms with van der Waals surface area (Å²) >= 11 is 0. The van der Waals surface area contributed by atoms with Gasteiger partial charge in [-0.25, -0.2) is 24.7 Å². The SMILES string of the molecule is CCN(CC)c1ncccc1-c1ncc2[nH]c(=O)n(Cc3ccc(-c4nc(C(F)(F)F)cn4C)cc3)c2n1. The first-order valence-corrected chi connectivity index (χ1v) is 12.0. The van der Waals surface area contributed by atoms with E-state index in [0.717, 1.165) is 36.2 Å². The van der Waals surface area contributed by atoms with Crippen LogP contribution in [0, 0.1) is 0 Å². The fourth-order valence-electron chi connectivity index (χ4n) is 4.38. The first kappa shape index (κ1) is 25.2. The molecule has 0 saturated carbocycles. The number of anilines is 1. The summed E-state index contributed by atoms with van der Waals surface area (Å²) in [5.74, 6) is 1.41. The minimum absolute atomic E-state index is 0.200. The van der Waals surface area contributed by atoms with Crippen LogP contribution in [0.2, 0.25) is 0 Å². The van der Waals surface area contributed by atoms with Gasteiger partial charge in [-0.2, -0.15) is 13.2 Å². The van der Waals surface area contributed by atoms with E-state index in [4.69, 9.17) is 4.98 Å². The molecule has 0 saturated heterocycles. The van der Waals surface area contributed by atoms with Crippen LogP contribution < -0.4 is 10.6 Å². The molecule has 196 valence electrons. The molecule has 38 heavy (non-hydrogen) atoms. The molecule has 0 aliphatic heterocycles. The Morgan fingerprint density at radius 2 is 1.76 bits per heavy atom. The van der Waals surface area contributed by atoms with Gasteiger partial charge in [0.1, 0.15) is 17.2 Å². The maximum atomic E-state index is 13.0. The van der Waals surface area contributed by atoms with Gasteiger partial charge in [-0.3, -0.25) is 4.57 Å². The van der Waals surface area contributed by atoms with E-state index in [1.54, 1.807) is 36.7 Å². The number of alkyl halides is 3. The quantitative estimate of drug-likeness (QED) is 0.338. The third-order valence-electron chi connectivity index (χ3n) is 6.32. The summed E-state index contributed by atoms with van der Waals surface area (Å²) in [5, 5.41) is 0. The topological polar surface area (TPSA) is 97.5 Å². The fourth-order valence-corrected chi connectivity index (χ4v) is 4.38. The Bertz CT molecular complexity index is 1650. The highest BCUT2D eigenvalue weighted by Gasteiger charge is 2.34. The summed E-state index contributed by atoms with van der Waals surface area (Å²) in [6.07, 6.45) is -0.257. The summed E-state index contributed by atoms with van der Waals surface area (Å²) < 4.78 is 42.0. The molecule has 0 amide bonds. The number of fused-ring (bicyclic) bond motifs is 1. The normalized spacial score (nSPS) is 11.8. The number of nitrogens with one attached hydrogen (secondary N) is 1. The molecule has 0 aliphatic rings. The van der Waals surface area contributed by atoms with Crippen LogP contribution in [-0.4, -0.2) is 47.1 Å². The molecule has 0 fully saturated rings. The lowest BCUT2D eigenvalue weighted by Gasteiger charge is -2.22. The van der Waals surface area contributed by atoms with Crippen LogP contribution >= 0.6 is 0 Å². The Morgan fingerprint density at radius 1 is 1.03 bits per heavy atom. The molecule has 0 spiro atoms. The fraction of sp³-hybridized carbons (Fsp3) is 0.269. The van der Waals surface area contributed by atoms with Crippen molar-refractivity contribution in [1.29, 1.82) is 0 Å². The third kappa shape index (κ3) is 4.64. The van der Waals surface area contributed by atoms with E-state index >= 15 is 0 Å². The first-order chi connectivity index (χ1) is 18.2. The molecule has 0 radical (unpaired) electrons. The second-order valence-corrected chi connectivity index (χ2v) is 8.75. The molecule has 0 aliphatic carbocycles. The number of pyridine rings is 1. The van der Waals surface area contributed by atoms with Crippen LogP contribution in [0.15, 0.2) is 59.8 Å². The van der Waals surface area contributed by atoms with E-state index in [9.17, 15) is 18.0 Å². The molecule has 0 unspecified atom stereocenters. The molecule has 1 N–H and O–H groups in total. The number of aromatic amines is 1. The zero-order chi connectivity index (χ0) is 27.0. The number of benzene rings is 1. The number of rotatable bonds is 7. The highest BCUT2D eigenvalue weighted by atomic mass is 19.4. The van der Waals surface area contributed by atoms with E-state index in [1.807, 2.05) is 26.0 Å². The Morgan fingerprint density at radius 3 is 2.42 bits per heavy atom. The number of aromatic nitrogens is 7. The van der Waals surface area contributed by atoms with Crippen LogP contribution in [0.1, 0.15) is 25.1 Å². The van der Waals surface area contributed by atoms with Gasteiger partial charge in [-0.1, -0.05) is 24.3 Å². The van der Waals surface area contributed by atoms with E-state index in [1.165, 1.54) is 16.2 Å². The van der Waals surface area contributed by atoms with E-state index in [-0.39, 0.29) is 18.1 Å². The predicted molar refractivity (Wildman–Crippen MR) is 138 cm³/mol. The standard InChI is InChI=1S/C26H25F3N8O/c1-4-36(5-2)23-18(7-6-12-30-23)21-31-13-19-24(34-21)37(25(38)32-19)14-16-8-10-17(11-9-16)22-33-20(15-35(22)3)26(27,28)29/h6-13,15H,4-5,14H2,1-3H3,(H,32,38). The van der Waals surface area contributed by atoms with Crippen molar-refractivity contribution in [2.24, 2.45) is 7.05 Å². The van der Waals surface area contributed by atoms with Gasteiger partial charge < -0.3 is 14.5 Å². The zero-order valence-corrected chi connectivity index (χ0v) is 21.0. The van der Waals surface area contributed by atoms with Gasteiger partial charge in [0.2, 0.25) is 0 Å². The second-order valence-electron chi connectivity index (χ2n) is 8.75. The van der Waals surface area contributed by atoms with Crippen molar-refractivity contribution in [3.8, 4) is 22.8 Å². The number of aryl methyl sites for hydroxylation is 1. The highest BCUT2D eigenvalue weighted by molar-refractivity contribution is 5.77. The molecule has 12 heteroatoms. The molecule has 5 rings (SSSR count). The van der Waals surface area contributed by atoms with Gasteiger partial charge >= 0.3 is 11.9 Å². The van der Waals surface area contributed by atoms with Crippen LogP contribution in [0.5, 0.6) is 0 Å². The van der Waals surface area contributed by atoms with Gasteiger partial charge in [-0.05, 0) is 31.5 Å². The average molecular weight is 523 g/mol. The highest BCUT2D eigenvalue weighted by Crippen LogP contribution is 2.31. The van der Waals surface area contributed by atoms with Crippen LogP contribution in [0.3, 0.4) is 0 Å². The van der Waals surface area contributed by atoms with E-state index in [2.05, 4.69) is 24.8 Å². The van der Waals surface area contributed by atoms with Crippen molar-refractivity contribution >= 4 is 17.0 Å². The Labute approximate surface area is 215 Å². The lowest BCUT2D eigenvalue weighted by atomic mass is 10.1. The minimum atomic E-state index is -4.52. The van der Waals surface area contributed by atoms with E-state index < -0.39 is 11.9 Å². The smallest absolute Gasteiger partial charge is 0.357 e. The molecular weight excluding hydrogens is 497 g/mol. The molecule has 0 bridgehead atoms. The summed E-state index contributed by atoms with van der Waals surface area (Å²) in [6, 6.07) is 10.6. The largest absolute Gasteiger partial charge is 0.434 e. The van der Waals surface area contributed by atoms with E-state index in [0.29, 0.717) is 22.6 Å². The number of imidazole rings is 2. The van der Waals surface area contributed by atoms with Gasteiger partial charge in [0.25, 0.3) is 0 Å². The molecular formula is C26H25F3N8O. The minimum Gasteiger partial charge on any atom is -0.357 e. The van der Waals surface area contributed by atoms with Crippen molar-refractivity contribution < 1.29 is 13.2 Å². The molecule has 4 heterocycles. The molecule has 4 aromatic heterocycles. The summed E-state index contributed by atoms with van der Waals surface area (Å²) in [4.78, 5) is 35.1. The molecule has 5 aromatic rings. The lowest BCUT2D eigenvalue weighted by Crippen LogP contribution is -2.23. The maximum Gasteiger partial charge on any atom is 0.434 e. The maximum absolute atomic E-state index is 13.0. The van der Waals surface area contributed by atoms with Crippen LogP contribution in [-0.2, 0) is 19.8 Å². The van der Waals surface area contributed by atoms with Crippen LogP contribution in [0.4, 0.5) is 19.0 Å². The van der Waals surface area contributed by atoms with Gasteiger partial charge in [-0.15, -0.1) is 0 Å². The average Bonchev–Trinajstić information content (AvgIpc) is 3.45. The number of hydrogen-bond acceptors (Lipinski definition) is 6. The van der Waals surface area contributed by atoms with Gasteiger partial charge in [0, 0.05) is 38.1 Å². The zero-order valence-electron chi connectivity index (χ0n) is 21.0. The van der Waals surface area contributed by atoms with Crippen molar-refractivity contribution in [1.82, 2.24) is 34.1 Å².